The molecule has 1 aliphatic heterocycles. The van der Waals surface area contributed by atoms with Crippen LogP contribution >= 0.6 is 0 Å². The third-order valence-electron chi connectivity index (χ3n) is 5.02. The van der Waals surface area contributed by atoms with Crippen molar-refractivity contribution < 1.29 is 4.79 Å². The summed E-state index contributed by atoms with van der Waals surface area (Å²) >= 11 is 0. The van der Waals surface area contributed by atoms with Gasteiger partial charge in [-0.05, 0) is 35.7 Å². The van der Waals surface area contributed by atoms with E-state index in [1.54, 1.807) is 0 Å². The molecule has 2 heterocycles. The standard InChI is InChI=1S/C22H23N3O/c1-2-19-21-13-8-14-24(21)20-12-7-6-11-18(20)16-25(19)22(26)23-15-17-9-4-3-5-10-17/h3-14,19H,2,15-16H2,1H3,(H,23,26). The molecule has 2 amide bonds. The van der Waals surface area contributed by atoms with Gasteiger partial charge in [0.05, 0.1) is 18.3 Å². The predicted octanol–water partition coefficient (Wildman–Crippen LogP) is 4.65. The lowest BCUT2D eigenvalue weighted by Gasteiger charge is -2.29. The average molecular weight is 345 g/mol. The normalized spacial score (nSPS) is 15.7. The first-order chi connectivity index (χ1) is 12.8. The van der Waals surface area contributed by atoms with Gasteiger partial charge in [0.25, 0.3) is 0 Å². The second-order valence-corrected chi connectivity index (χ2v) is 6.63. The minimum absolute atomic E-state index is 0.0230. The van der Waals surface area contributed by atoms with Crippen molar-refractivity contribution in [3.8, 4) is 5.69 Å². The Labute approximate surface area is 154 Å². The van der Waals surface area contributed by atoms with Gasteiger partial charge >= 0.3 is 6.03 Å². The van der Waals surface area contributed by atoms with E-state index in [4.69, 9.17) is 0 Å². The number of hydrogen-bond donors (Lipinski definition) is 1. The summed E-state index contributed by atoms with van der Waals surface area (Å²) < 4.78 is 2.22. The van der Waals surface area contributed by atoms with Gasteiger partial charge in [-0.3, -0.25) is 0 Å². The molecule has 0 saturated carbocycles. The van der Waals surface area contributed by atoms with E-state index >= 15 is 0 Å². The number of aromatic nitrogens is 1. The summed E-state index contributed by atoms with van der Waals surface area (Å²) in [6, 6.07) is 22.5. The van der Waals surface area contributed by atoms with Crippen LogP contribution in [0.2, 0.25) is 0 Å². The molecular formula is C22H23N3O. The minimum atomic E-state index is -0.0230. The second kappa shape index (κ2) is 7.08. The van der Waals surface area contributed by atoms with Crippen molar-refractivity contribution in [1.29, 1.82) is 0 Å². The molecule has 2 aromatic carbocycles. The third-order valence-corrected chi connectivity index (χ3v) is 5.02. The van der Waals surface area contributed by atoms with Crippen LogP contribution in [-0.4, -0.2) is 15.5 Å². The zero-order valence-corrected chi connectivity index (χ0v) is 14.9. The van der Waals surface area contributed by atoms with E-state index in [2.05, 4.69) is 53.3 Å². The summed E-state index contributed by atoms with van der Waals surface area (Å²) in [6.45, 7) is 3.28. The van der Waals surface area contributed by atoms with E-state index in [9.17, 15) is 4.79 Å². The first-order valence-corrected chi connectivity index (χ1v) is 9.12. The Morgan fingerprint density at radius 1 is 1.04 bits per heavy atom. The number of rotatable bonds is 3. The molecule has 4 nitrogen and oxygen atoms in total. The Morgan fingerprint density at radius 2 is 1.81 bits per heavy atom. The van der Waals surface area contributed by atoms with Gasteiger partial charge in [0.2, 0.25) is 0 Å². The molecule has 1 N–H and O–H groups in total. The number of benzene rings is 2. The maximum Gasteiger partial charge on any atom is 0.318 e. The van der Waals surface area contributed by atoms with Crippen LogP contribution in [0.5, 0.6) is 0 Å². The van der Waals surface area contributed by atoms with Crippen LogP contribution in [0.4, 0.5) is 4.79 Å². The van der Waals surface area contributed by atoms with E-state index in [0.717, 1.165) is 28.9 Å². The Bertz CT molecular complexity index is 901. The molecule has 4 rings (SSSR count). The molecular weight excluding hydrogens is 322 g/mol. The van der Waals surface area contributed by atoms with Crippen molar-refractivity contribution >= 4 is 6.03 Å². The van der Waals surface area contributed by atoms with Crippen LogP contribution in [0.1, 0.15) is 36.2 Å². The van der Waals surface area contributed by atoms with Crippen molar-refractivity contribution in [3.05, 3.63) is 89.7 Å². The fourth-order valence-corrected chi connectivity index (χ4v) is 3.74. The second-order valence-electron chi connectivity index (χ2n) is 6.63. The number of urea groups is 1. The number of nitrogens with zero attached hydrogens (tertiary/aromatic N) is 2. The lowest BCUT2D eigenvalue weighted by Crippen LogP contribution is -2.41. The summed E-state index contributed by atoms with van der Waals surface area (Å²) in [5.74, 6) is 0. The fourth-order valence-electron chi connectivity index (χ4n) is 3.74. The summed E-state index contributed by atoms with van der Waals surface area (Å²) in [5.41, 5.74) is 4.58. The van der Waals surface area contributed by atoms with Crippen LogP contribution in [-0.2, 0) is 13.1 Å². The molecule has 26 heavy (non-hydrogen) atoms. The number of carbonyl (C=O) groups excluding carboxylic acids is 1. The Morgan fingerprint density at radius 3 is 2.62 bits per heavy atom. The van der Waals surface area contributed by atoms with Gasteiger partial charge in [0, 0.05) is 18.4 Å². The summed E-state index contributed by atoms with van der Waals surface area (Å²) in [6.07, 6.45) is 2.96. The fraction of sp³-hybridized carbons (Fsp3) is 0.227. The van der Waals surface area contributed by atoms with Crippen molar-refractivity contribution in [2.75, 3.05) is 0 Å². The van der Waals surface area contributed by atoms with Gasteiger partial charge in [0.1, 0.15) is 0 Å². The molecule has 1 atom stereocenters. The lowest BCUT2D eigenvalue weighted by atomic mass is 10.1. The largest absolute Gasteiger partial charge is 0.334 e. The highest BCUT2D eigenvalue weighted by Gasteiger charge is 2.30. The maximum atomic E-state index is 13.0. The molecule has 0 spiro atoms. The van der Waals surface area contributed by atoms with Gasteiger partial charge < -0.3 is 14.8 Å². The zero-order valence-electron chi connectivity index (χ0n) is 14.9. The van der Waals surface area contributed by atoms with Crippen molar-refractivity contribution in [3.63, 3.8) is 0 Å². The monoisotopic (exact) mass is 345 g/mol. The van der Waals surface area contributed by atoms with Crippen LogP contribution in [0.25, 0.3) is 5.69 Å². The number of nitrogens with one attached hydrogen (secondary N) is 1. The van der Waals surface area contributed by atoms with E-state index in [-0.39, 0.29) is 12.1 Å². The highest BCUT2D eigenvalue weighted by Crippen LogP contribution is 2.33. The topological polar surface area (TPSA) is 37.3 Å². The number of amides is 2. The predicted molar refractivity (Wildman–Crippen MR) is 103 cm³/mol. The van der Waals surface area contributed by atoms with E-state index in [0.29, 0.717) is 13.1 Å². The van der Waals surface area contributed by atoms with Crippen LogP contribution in [0.15, 0.2) is 72.9 Å². The van der Waals surface area contributed by atoms with Crippen LogP contribution in [0.3, 0.4) is 0 Å². The van der Waals surface area contributed by atoms with E-state index < -0.39 is 0 Å². The first kappa shape index (κ1) is 16.5. The van der Waals surface area contributed by atoms with Crippen molar-refractivity contribution in [2.24, 2.45) is 0 Å². The summed E-state index contributed by atoms with van der Waals surface area (Å²) in [7, 11) is 0. The number of para-hydroxylation sites is 1. The number of fused-ring (bicyclic) bond motifs is 3. The molecule has 0 aliphatic carbocycles. The highest BCUT2D eigenvalue weighted by atomic mass is 16.2. The SMILES string of the molecule is CCC1c2cccn2-c2ccccc2CN1C(=O)NCc1ccccc1. The third kappa shape index (κ3) is 2.99. The summed E-state index contributed by atoms with van der Waals surface area (Å²) in [5, 5.41) is 3.09. The Balaban J connectivity index is 1.64. The molecule has 3 aromatic rings. The first-order valence-electron chi connectivity index (χ1n) is 9.12. The van der Waals surface area contributed by atoms with Gasteiger partial charge in [-0.1, -0.05) is 55.5 Å². The molecule has 0 fully saturated rings. The Kier molecular flexibility index (Phi) is 4.48. The number of hydrogen-bond acceptors (Lipinski definition) is 1. The molecule has 0 saturated heterocycles. The van der Waals surface area contributed by atoms with Crippen LogP contribution in [0, 0.1) is 0 Å². The number of carbonyl (C=O) groups is 1. The molecule has 0 bridgehead atoms. The quantitative estimate of drug-likeness (QED) is 0.737. The molecule has 132 valence electrons. The summed E-state index contributed by atoms with van der Waals surface area (Å²) in [4.78, 5) is 15.0. The molecule has 1 aliphatic rings. The molecule has 4 heteroatoms. The van der Waals surface area contributed by atoms with Gasteiger partial charge in [0.15, 0.2) is 0 Å². The molecule has 1 unspecified atom stereocenters. The maximum absolute atomic E-state index is 13.0. The van der Waals surface area contributed by atoms with E-state index in [1.165, 1.54) is 0 Å². The minimum Gasteiger partial charge on any atom is -0.334 e. The van der Waals surface area contributed by atoms with Gasteiger partial charge in [-0.2, -0.15) is 0 Å². The molecule has 1 aromatic heterocycles. The smallest absolute Gasteiger partial charge is 0.318 e. The average Bonchev–Trinajstić information content (AvgIpc) is 3.11. The highest BCUT2D eigenvalue weighted by molar-refractivity contribution is 5.75. The van der Waals surface area contributed by atoms with Crippen molar-refractivity contribution in [1.82, 2.24) is 14.8 Å². The van der Waals surface area contributed by atoms with Gasteiger partial charge in [-0.25, -0.2) is 4.79 Å². The Hall–Kier alpha value is -3.01. The van der Waals surface area contributed by atoms with E-state index in [1.807, 2.05) is 41.3 Å². The van der Waals surface area contributed by atoms with Crippen LogP contribution < -0.4 is 5.32 Å². The van der Waals surface area contributed by atoms with Crippen molar-refractivity contribution in [2.45, 2.75) is 32.5 Å². The van der Waals surface area contributed by atoms with Gasteiger partial charge in [-0.15, -0.1) is 0 Å². The molecule has 0 radical (unpaired) electrons. The lowest BCUT2D eigenvalue weighted by molar-refractivity contribution is 0.167. The zero-order chi connectivity index (χ0) is 17.9.